The van der Waals surface area contributed by atoms with Crippen molar-refractivity contribution >= 4 is 47.0 Å². The summed E-state index contributed by atoms with van der Waals surface area (Å²) >= 11 is 6.39. The van der Waals surface area contributed by atoms with E-state index in [2.05, 4.69) is 37.0 Å². The molecule has 0 saturated carbocycles. The summed E-state index contributed by atoms with van der Waals surface area (Å²) in [7, 11) is 0. The zero-order chi connectivity index (χ0) is 28.9. The number of aliphatic imine (C=N–C) groups is 1. The van der Waals surface area contributed by atoms with Crippen molar-refractivity contribution in [2.75, 3.05) is 35.6 Å². The smallest absolute Gasteiger partial charge is 0.321 e. The average Bonchev–Trinajstić information content (AvgIpc) is 3.00. The van der Waals surface area contributed by atoms with Crippen molar-refractivity contribution in [1.29, 1.82) is 0 Å². The molecule has 2 amide bonds. The highest BCUT2D eigenvalue weighted by Gasteiger charge is 2.24. The average molecular weight is 590 g/mol. The van der Waals surface area contributed by atoms with Crippen molar-refractivity contribution in [3.63, 3.8) is 0 Å². The van der Waals surface area contributed by atoms with Gasteiger partial charge in [-0.1, -0.05) is 23.7 Å². The van der Waals surface area contributed by atoms with Crippen LogP contribution in [-0.2, 0) is 6.42 Å². The number of benzene rings is 2. The molecule has 1 unspecified atom stereocenters. The molecule has 0 spiro atoms. The summed E-state index contributed by atoms with van der Waals surface area (Å²) in [6.07, 6.45) is 10.7. The van der Waals surface area contributed by atoms with E-state index < -0.39 is 5.82 Å². The first-order valence-electron chi connectivity index (χ1n) is 14.4. The third-order valence-electron chi connectivity index (χ3n) is 7.93. The highest BCUT2D eigenvalue weighted by molar-refractivity contribution is 6.32. The molecule has 218 valence electrons. The van der Waals surface area contributed by atoms with Crippen LogP contribution in [-0.4, -0.2) is 46.8 Å². The van der Waals surface area contributed by atoms with Gasteiger partial charge in [0.25, 0.3) is 0 Å². The fraction of sp³-hybridized carbons (Fsp3) is 0.355. The fourth-order valence-corrected chi connectivity index (χ4v) is 5.69. The number of ether oxygens (including phenoxy) is 1. The summed E-state index contributed by atoms with van der Waals surface area (Å²) in [5, 5.41) is 9.72. The third kappa shape index (κ3) is 6.82. The van der Waals surface area contributed by atoms with Crippen molar-refractivity contribution in [3.05, 3.63) is 77.0 Å². The third-order valence-corrected chi connectivity index (χ3v) is 8.21. The molecule has 0 radical (unpaired) electrons. The van der Waals surface area contributed by atoms with Crippen LogP contribution in [0.25, 0.3) is 0 Å². The van der Waals surface area contributed by atoms with Crippen molar-refractivity contribution in [2.24, 2.45) is 16.8 Å². The van der Waals surface area contributed by atoms with E-state index in [1.165, 1.54) is 6.07 Å². The van der Waals surface area contributed by atoms with Crippen LogP contribution in [0.15, 0.2) is 65.6 Å². The van der Waals surface area contributed by atoms with E-state index in [-0.39, 0.29) is 17.6 Å². The molecule has 9 nitrogen and oxygen atoms in total. The number of fused-ring (bicyclic) bond motifs is 6. The molecule has 3 aromatic rings. The lowest BCUT2D eigenvalue weighted by atomic mass is 9.94. The maximum absolute atomic E-state index is 13.9. The number of amides is 2. The molecule has 42 heavy (non-hydrogen) atoms. The number of aromatic nitrogens is 2. The summed E-state index contributed by atoms with van der Waals surface area (Å²) in [6.45, 7) is 1.87. The maximum Gasteiger partial charge on any atom is 0.321 e. The van der Waals surface area contributed by atoms with E-state index in [0.29, 0.717) is 42.4 Å². The van der Waals surface area contributed by atoms with Crippen LogP contribution in [0.3, 0.4) is 0 Å². The maximum atomic E-state index is 13.9. The predicted molar refractivity (Wildman–Crippen MR) is 163 cm³/mol. The Hall–Kier alpha value is -4.18. The van der Waals surface area contributed by atoms with E-state index in [0.717, 1.165) is 61.2 Å². The van der Waals surface area contributed by atoms with Gasteiger partial charge in [-0.05, 0) is 80.3 Å². The summed E-state index contributed by atoms with van der Waals surface area (Å²) in [6, 6.07) is 12.0. The first-order chi connectivity index (χ1) is 20.5. The SMILES string of the molecule is O=C(Nc1ccccc1F)N1CCC(CCOc2ccc3cc2CCC2C=NC=C(C2)Nc2ncc(Cl)c(n2)N3)CC1. The Balaban J connectivity index is 1.06. The van der Waals surface area contributed by atoms with Gasteiger partial charge in [-0.25, -0.2) is 14.2 Å². The molecule has 2 aromatic carbocycles. The molecule has 1 fully saturated rings. The summed E-state index contributed by atoms with van der Waals surface area (Å²) in [5.74, 6) is 2.18. The van der Waals surface area contributed by atoms with Crippen LogP contribution in [0.5, 0.6) is 5.75 Å². The second-order valence-electron chi connectivity index (χ2n) is 10.9. The van der Waals surface area contributed by atoms with Gasteiger partial charge in [-0.3, -0.25) is 4.99 Å². The second kappa shape index (κ2) is 12.8. The highest BCUT2D eigenvalue weighted by Crippen LogP contribution is 2.32. The molecule has 11 heteroatoms. The number of piperidine rings is 1. The minimum absolute atomic E-state index is 0.206. The Bertz CT molecular complexity index is 1510. The number of urea groups is 1. The molecule has 1 atom stereocenters. The van der Waals surface area contributed by atoms with Crippen LogP contribution in [0.2, 0.25) is 5.02 Å². The molecule has 3 aliphatic heterocycles. The van der Waals surface area contributed by atoms with E-state index in [9.17, 15) is 9.18 Å². The number of hydrogen-bond acceptors (Lipinski definition) is 7. The van der Waals surface area contributed by atoms with Crippen LogP contribution in [0.4, 0.5) is 32.3 Å². The van der Waals surface area contributed by atoms with Gasteiger partial charge in [-0.15, -0.1) is 0 Å². The lowest BCUT2D eigenvalue weighted by Crippen LogP contribution is -2.41. The molecule has 6 rings (SSSR count). The van der Waals surface area contributed by atoms with Crippen LogP contribution in [0.1, 0.15) is 37.7 Å². The number of para-hydroxylation sites is 1. The quantitative estimate of drug-likeness (QED) is 0.296. The molecular weight excluding hydrogens is 557 g/mol. The number of likely N-dealkylation sites (tertiary alicyclic amines) is 1. The van der Waals surface area contributed by atoms with Gasteiger partial charge in [0.15, 0.2) is 5.82 Å². The molecule has 0 aliphatic carbocycles. The van der Waals surface area contributed by atoms with Gasteiger partial charge in [0, 0.05) is 42.8 Å². The normalized spacial score (nSPS) is 18.4. The number of carbonyl (C=O) groups is 1. The van der Waals surface area contributed by atoms with Crippen LogP contribution in [0, 0.1) is 17.7 Å². The topological polar surface area (TPSA) is 104 Å². The Morgan fingerprint density at radius 2 is 2.00 bits per heavy atom. The Morgan fingerprint density at radius 1 is 1.14 bits per heavy atom. The van der Waals surface area contributed by atoms with E-state index in [1.54, 1.807) is 29.3 Å². The number of hydrogen-bond donors (Lipinski definition) is 3. The van der Waals surface area contributed by atoms with Gasteiger partial charge in [0.05, 0.1) is 18.5 Å². The molecule has 4 heterocycles. The van der Waals surface area contributed by atoms with Crippen molar-refractivity contribution in [3.8, 4) is 5.75 Å². The lowest BCUT2D eigenvalue weighted by Gasteiger charge is -2.32. The number of anilines is 4. The van der Waals surface area contributed by atoms with Gasteiger partial charge < -0.3 is 25.6 Å². The lowest BCUT2D eigenvalue weighted by molar-refractivity contribution is 0.170. The molecule has 6 bridgehead atoms. The number of nitrogens with zero attached hydrogens (tertiary/aromatic N) is 4. The number of allylic oxidation sites excluding steroid dienone is 1. The number of nitrogens with one attached hydrogen (secondary N) is 3. The molecule has 3 aliphatic rings. The Morgan fingerprint density at radius 3 is 2.86 bits per heavy atom. The molecule has 3 N–H and O–H groups in total. The van der Waals surface area contributed by atoms with Gasteiger partial charge in [0.1, 0.15) is 16.6 Å². The van der Waals surface area contributed by atoms with Crippen molar-refractivity contribution in [2.45, 2.75) is 38.5 Å². The Kier molecular flexibility index (Phi) is 8.50. The number of carbonyl (C=O) groups excluding carboxylic acids is 1. The zero-order valence-electron chi connectivity index (χ0n) is 23.2. The first kappa shape index (κ1) is 28.0. The minimum Gasteiger partial charge on any atom is -0.493 e. The van der Waals surface area contributed by atoms with Gasteiger partial charge >= 0.3 is 6.03 Å². The second-order valence-corrected chi connectivity index (χ2v) is 11.3. The number of rotatable bonds is 5. The van der Waals surface area contributed by atoms with E-state index >= 15 is 0 Å². The largest absolute Gasteiger partial charge is 0.493 e. The van der Waals surface area contributed by atoms with Crippen LogP contribution >= 0.6 is 11.6 Å². The number of halogens is 2. The van der Waals surface area contributed by atoms with Gasteiger partial charge in [-0.2, -0.15) is 4.98 Å². The molecule has 1 saturated heterocycles. The van der Waals surface area contributed by atoms with E-state index in [1.807, 2.05) is 24.5 Å². The molecule has 1 aromatic heterocycles. The predicted octanol–water partition coefficient (Wildman–Crippen LogP) is 7.02. The van der Waals surface area contributed by atoms with E-state index in [4.69, 9.17) is 16.3 Å². The van der Waals surface area contributed by atoms with Crippen LogP contribution < -0.4 is 20.7 Å². The summed E-state index contributed by atoms with van der Waals surface area (Å²) < 4.78 is 20.2. The fourth-order valence-electron chi connectivity index (χ4n) is 5.55. The van der Waals surface area contributed by atoms with Crippen molar-refractivity contribution in [1.82, 2.24) is 14.9 Å². The monoisotopic (exact) mass is 589 g/mol. The summed E-state index contributed by atoms with van der Waals surface area (Å²) in [4.78, 5) is 27.7. The number of aryl methyl sites for hydroxylation is 1. The Labute approximate surface area is 249 Å². The first-order valence-corrected chi connectivity index (χ1v) is 14.7. The van der Waals surface area contributed by atoms with Crippen molar-refractivity contribution < 1.29 is 13.9 Å². The molecular formula is C31H33ClFN7O2. The zero-order valence-corrected chi connectivity index (χ0v) is 23.9. The highest BCUT2D eigenvalue weighted by atomic mass is 35.5. The van der Waals surface area contributed by atoms with Gasteiger partial charge in [0.2, 0.25) is 5.95 Å². The standard InChI is InChI=1S/C31H33ClFN7O2/c32-25-19-35-30-37-24-15-21(17-34-18-24)5-6-22-16-23(36-29(25)39-30)7-8-28(22)42-14-11-20-9-12-40(13-10-20)31(41)38-27-4-2-1-3-26(27)33/h1-4,7-8,16-21H,5-6,9-15H2,(H,38,41)(H2,35,36,37,39). The minimum atomic E-state index is -0.433. The summed E-state index contributed by atoms with van der Waals surface area (Å²) in [5.41, 5.74) is 3.16.